The van der Waals surface area contributed by atoms with Crippen LogP contribution in [0.4, 0.5) is 4.39 Å². The van der Waals surface area contributed by atoms with Gasteiger partial charge in [0, 0.05) is 0 Å². The summed E-state index contributed by atoms with van der Waals surface area (Å²) in [4.78, 5) is 4.01. The largest absolute Gasteiger partial charge is 0.248 e. The molecule has 0 N–H and O–H groups in total. The molecule has 0 saturated carbocycles. The molecule has 0 amide bonds. The lowest BCUT2D eigenvalue weighted by molar-refractivity contribution is 0.574. The molecule has 0 aliphatic carbocycles. The second-order valence-corrected chi connectivity index (χ2v) is 3.59. The van der Waals surface area contributed by atoms with Gasteiger partial charge < -0.3 is 0 Å². The van der Waals surface area contributed by atoms with E-state index in [0.717, 1.165) is 30.4 Å². The van der Waals surface area contributed by atoms with Crippen LogP contribution in [0.25, 0.3) is 0 Å². The SMILES string of the molecule is CCCc1n[c]c(C)c(CCC)c1F. The van der Waals surface area contributed by atoms with Gasteiger partial charge in [0.25, 0.3) is 0 Å². The van der Waals surface area contributed by atoms with Gasteiger partial charge >= 0.3 is 0 Å². The van der Waals surface area contributed by atoms with Crippen molar-refractivity contribution in [3.63, 3.8) is 0 Å². The molecule has 1 radical (unpaired) electrons. The van der Waals surface area contributed by atoms with E-state index in [4.69, 9.17) is 0 Å². The third-order valence-electron chi connectivity index (χ3n) is 2.32. The zero-order valence-electron chi connectivity index (χ0n) is 9.15. The van der Waals surface area contributed by atoms with Crippen LogP contribution in [0, 0.1) is 18.9 Å². The highest BCUT2D eigenvalue weighted by molar-refractivity contribution is 5.27. The van der Waals surface area contributed by atoms with Gasteiger partial charge in [-0.05, 0) is 30.9 Å². The Morgan fingerprint density at radius 1 is 1.21 bits per heavy atom. The van der Waals surface area contributed by atoms with Gasteiger partial charge in [-0.3, -0.25) is 0 Å². The fourth-order valence-electron chi connectivity index (χ4n) is 1.56. The highest BCUT2D eigenvalue weighted by Gasteiger charge is 2.11. The summed E-state index contributed by atoms with van der Waals surface area (Å²) in [6.45, 7) is 5.95. The molecule has 1 nitrogen and oxygen atoms in total. The summed E-state index contributed by atoms with van der Waals surface area (Å²) in [7, 11) is 0. The Bertz CT molecular complexity index is 307. The average Bonchev–Trinajstić information content (AvgIpc) is 2.17. The van der Waals surface area contributed by atoms with E-state index in [2.05, 4.69) is 18.1 Å². The van der Waals surface area contributed by atoms with E-state index in [-0.39, 0.29) is 5.82 Å². The highest BCUT2D eigenvalue weighted by atomic mass is 19.1. The molecule has 1 aromatic heterocycles. The zero-order valence-corrected chi connectivity index (χ0v) is 9.15. The maximum absolute atomic E-state index is 13.8. The molecule has 77 valence electrons. The number of rotatable bonds is 4. The summed E-state index contributed by atoms with van der Waals surface area (Å²) >= 11 is 0. The molecule has 0 unspecified atom stereocenters. The number of halogens is 1. The number of hydrogen-bond acceptors (Lipinski definition) is 1. The Balaban J connectivity index is 3.05. The van der Waals surface area contributed by atoms with Crippen molar-refractivity contribution in [2.45, 2.75) is 46.5 Å². The van der Waals surface area contributed by atoms with Crippen LogP contribution >= 0.6 is 0 Å². The maximum atomic E-state index is 13.8. The molecule has 0 aliphatic heterocycles. The number of pyridine rings is 1. The first-order valence-corrected chi connectivity index (χ1v) is 5.26. The fraction of sp³-hybridized carbons (Fsp3) is 0.583. The van der Waals surface area contributed by atoms with Crippen LogP contribution < -0.4 is 0 Å². The molecule has 14 heavy (non-hydrogen) atoms. The molecule has 1 rings (SSSR count). The standard InChI is InChI=1S/C12H17FN/c1-4-6-10-9(3)8-14-11(7-5-2)12(10)13/h4-7H2,1-3H3. The maximum Gasteiger partial charge on any atom is 0.148 e. The summed E-state index contributed by atoms with van der Waals surface area (Å²) in [6, 6.07) is 0. The Morgan fingerprint density at radius 2 is 1.86 bits per heavy atom. The van der Waals surface area contributed by atoms with Gasteiger partial charge in [-0.2, -0.15) is 0 Å². The van der Waals surface area contributed by atoms with Crippen LogP contribution in [0.15, 0.2) is 0 Å². The quantitative estimate of drug-likeness (QED) is 0.717. The van der Waals surface area contributed by atoms with E-state index in [9.17, 15) is 4.39 Å². The third kappa shape index (κ3) is 2.31. The zero-order chi connectivity index (χ0) is 10.6. The molecular weight excluding hydrogens is 177 g/mol. The Hall–Kier alpha value is -0.920. The minimum Gasteiger partial charge on any atom is -0.248 e. The molecule has 0 bridgehead atoms. The van der Waals surface area contributed by atoms with E-state index in [1.165, 1.54) is 0 Å². The minimum absolute atomic E-state index is 0.107. The summed E-state index contributed by atoms with van der Waals surface area (Å²) in [5, 5.41) is 0. The first kappa shape index (κ1) is 11.2. The van der Waals surface area contributed by atoms with Crippen LogP contribution in [0.5, 0.6) is 0 Å². The Morgan fingerprint density at radius 3 is 2.43 bits per heavy atom. The van der Waals surface area contributed by atoms with Crippen molar-refractivity contribution in [3.8, 4) is 0 Å². The van der Waals surface area contributed by atoms with Crippen LogP contribution in [-0.2, 0) is 12.8 Å². The number of hydrogen-bond donors (Lipinski definition) is 0. The smallest absolute Gasteiger partial charge is 0.148 e. The van der Waals surface area contributed by atoms with Crippen molar-refractivity contribution in [1.82, 2.24) is 4.98 Å². The minimum atomic E-state index is -0.107. The van der Waals surface area contributed by atoms with E-state index in [1.54, 1.807) is 0 Å². The van der Waals surface area contributed by atoms with E-state index in [0.29, 0.717) is 12.1 Å². The first-order chi connectivity index (χ1) is 6.70. The van der Waals surface area contributed by atoms with Crippen LogP contribution in [0.2, 0.25) is 0 Å². The third-order valence-corrected chi connectivity index (χ3v) is 2.32. The molecule has 0 aromatic carbocycles. The van der Waals surface area contributed by atoms with Crippen molar-refractivity contribution in [2.75, 3.05) is 0 Å². The lowest BCUT2D eigenvalue weighted by Gasteiger charge is -2.08. The predicted octanol–water partition coefficient (Wildman–Crippen LogP) is 3.23. The molecule has 0 spiro atoms. The number of nitrogens with zero attached hydrogens (tertiary/aromatic N) is 1. The van der Waals surface area contributed by atoms with Gasteiger partial charge in [-0.1, -0.05) is 26.7 Å². The molecule has 1 heterocycles. The Kier molecular flexibility index (Phi) is 4.05. The van der Waals surface area contributed by atoms with E-state index < -0.39 is 0 Å². The molecule has 0 saturated heterocycles. The van der Waals surface area contributed by atoms with Crippen molar-refractivity contribution < 1.29 is 4.39 Å². The van der Waals surface area contributed by atoms with Gasteiger partial charge in [0.15, 0.2) is 0 Å². The molecule has 0 aliphatic rings. The summed E-state index contributed by atoms with van der Waals surface area (Å²) in [5.41, 5.74) is 2.22. The predicted molar refractivity (Wildman–Crippen MR) is 55.8 cm³/mol. The molecule has 0 fully saturated rings. The van der Waals surface area contributed by atoms with Gasteiger partial charge in [0.05, 0.1) is 11.9 Å². The van der Waals surface area contributed by atoms with Crippen molar-refractivity contribution in [1.29, 1.82) is 0 Å². The normalized spacial score (nSPS) is 10.6. The van der Waals surface area contributed by atoms with E-state index >= 15 is 0 Å². The summed E-state index contributed by atoms with van der Waals surface area (Å²) in [5.74, 6) is -0.107. The van der Waals surface area contributed by atoms with Crippen LogP contribution in [0.1, 0.15) is 43.5 Å². The van der Waals surface area contributed by atoms with Crippen molar-refractivity contribution >= 4 is 0 Å². The number of aromatic nitrogens is 1. The summed E-state index contributed by atoms with van der Waals surface area (Å²) < 4.78 is 13.8. The van der Waals surface area contributed by atoms with Crippen LogP contribution in [0.3, 0.4) is 0 Å². The van der Waals surface area contributed by atoms with Crippen molar-refractivity contribution in [3.05, 3.63) is 28.8 Å². The molecule has 1 aromatic rings. The molecule has 2 heteroatoms. The van der Waals surface area contributed by atoms with Crippen LogP contribution in [-0.4, -0.2) is 4.98 Å². The first-order valence-electron chi connectivity index (χ1n) is 5.26. The van der Waals surface area contributed by atoms with Gasteiger partial charge in [-0.25, -0.2) is 9.37 Å². The average molecular weight is 194 g/mol. The second kappa shape index (κ2) is 5.08. The fourth-order valence-corrected chi connectivity index (χ4v) is 1.56. The van der Waals surface area contributed by atoms with Gasteiger partial charge in [0.2, 0.25) is 0 Å². The highest BCUT2D eigenvalue weighted by Crippen LogP contribution is 2.17. The molecule has 0 atom stereocenters. The monoisotopic (exact) mass is 194 g/mol. The van der Waals surface area contributed by atoms with Gasteiger partial charge in [-0.15, -0.1) is 0 Å². The second-order valence-electron chi connectivity index (χ2n) is 3.59. The summed E-state index contributed by atoms with van der Waals surface area (Å²) in [6.07, 6.45) is 6.26. The molecular formula is C12H17FN. The lowest BCUT2D eigenvalue weighted by atomic mass is 10.0. The van der Waals surface area contributed by atoms with Gasteiger partial charge in [0.1, 0.15) is 5.82 Å². The Labute approximate surface area is 85.4 Å². The lowest BCUT2D eigenvalue weighted by Crippen LogP contribution is -2.03. The number of aryl methyl sites for hydroxylation is 2. The topological polar surface area (TPSA) is 12.9 Å². The van der Waals surface area contributed by atoms with E-state index in [1.807, 2.05) is 13.8 Å². The van der Waals surface area contributed by atoms with Crippen molar-refractivity contribution in [2.24, 2.45) is 0 Å².